The summed E-state index contributed by atoms with van der Waals surface area (Å²) < 4.78 is 1.00. The number of Topliss-reactive ketones (excluding diaryl/α,β-unsaturated/α-hetero) is 1. The van der Waals surface area contributed by atoms with Crippen LogP contribution in [0.1, 0.15) is 23.7 Å². The first kappa shape index (κ1) is 8.75. The minimum Gasteiger partial charge on any atom is -0.382 e. The Morgan fingerprint density at radius 2 is 2.31 bits per heavy atom. The minimum atomic E-state index is 0.230. The van der Waals surface area contributed by atoms with E-state index in [1.807, 2.05) is 25.1 Å². The van der Waals surface area contributed by atoms with Gasteiger partial charge in [-0.1, -0.05) is 15.9 Å². The molecule has 1 unspecified atom stereocenters. The molecule has 0 aromatic heterocycles. The first-order valence-corrected chi connectivity index (χ1v) is 5.05. The molecule has 1 aliphatic rings. The average molecular weight is 240 g/mol. The van der Waals surface area contributed by atoms with Gasteiger partial charge in [-0.3, -0.25) is 4.79 Å². The highest BCUT2D eigenvalue weighted by Gasteiger charge is 2.20. The van der Waals surface area contributed by atoms with E-state index in [2.05, 4.69) is 21.2 Å². The standard InChI is InChI=1S/C10H10BrNO/c1-6-4-10(13)8-3-2-7(11)5-9(8)12-6/h2-3,5-6,12H,4H2,1H3. The summed E-state index contributed by atoms with van der Waals surface area (Å²) in [6.45, 7) is 2.02. The number of carbonyl (C=O) groups excluding carboxylic acids is 1. The summed E-state index contributed by atoms with van der Waals surface area (Å²) in [6, 6.07) is 5.95. The highest BCUT2D eigenvalue weighted by atomic mass is 79.9. The maximum atomic E-state index is 11.6. The Morgan fingerprint density at radius 1 is 1.54 bits per heavy atom. The van der Waals surface area contributed by atoms with Crippen molar-refractivity contribution in [2.24, 2.45) is 0 Å². The molecule has 0 saturated carbocycles. The Balaban J connectivity index is 2.49. The lowest BCUT2D eigenvalue weighted by Gasteiger charge is -2.22. The molecule has 0 fully saturated rings. The zero-order valence-electron chi connectivity index (χ0n) is 7.30. The number of fused-ring (bicyclic) bond motifs is 1. The molecule has 2 rings (SSSR count). The number of halogens is 1. The lowest BCUT2D eigenvalue weighted by Crippen LogP contribution is -2.26. The van der Waals surface area contributed by atoms with E-state index < -0.39 is 0 Å². The van der Waals surface area contributed by atoms with Gasteiger partial charge in [0.05, 0.1) is 0 Å². The van der Waals surface area contributed by atoms with E-state index in [9.17, 15) is 4.79 Å². The van der Waals surface area contributed by atoms with Gasteiger partial charge in [0.15, 0.2) is 5.78 Å². The second-order valence-corrected chi connectivity index (χ2v) is 4.28. The highest BCUT2D eigenvalue weighted by Crippen LogP contribution is 2.27. The van der Waals surface area contributed by atoms with Crippen molar-refractivity contribution in [1.29, 1.82) is 0 Å². The molecule has 0 saturated heterocycles. The predicted octanol–water partition coefficient (Wildman–Crippen LogP) is 2.84. The van der Waals surface area contributed by atoms with Gasteiger partial charge in [-0.2, -0.15) is 0 Å². The summed E-state index contributed by atoms with van der Waals surface area (Å²) in [7, 11) is 0. The Labute approximate surface area is 85.5 Å². The van der Waals surface area contributed by atoms with Crippen LogP contribution in [0, 0.1) is 0 Å². The summed E-state index contributed by atoms with van der Waals surface area (Å²) in [5.74, 6) is 0.230. The third kappa shape index (κ3) is 1.61. The molecule has 68 valence electrons. The smallest absolute Gasteiger partial charge is 0.166 e. The van der Waals surface area contributed by atoms with E-state index >= 15 is 0 Å². The van der Waals surface area contributed by atoms with Gasteiger partial charge in [-0.15, -0.1) is 0 Å². The zero-order valence-corrected chi connectivity index (χ0v) is 8.89. The molecule has 1 N–H and O–H groups in total. The molecule has 2 nitrogen and oxygen atoms in total. The van der Waals surface area contributed by atoms with Gasteiger partial charge in [0.1, 0.15) is 0 Å². The molecule has 0 spiro atoms. The number of hydrogen-bond acceptors (Lipinski definition) is 2. The maximum Gasteiger partial charge on any atom is 0.166 e. The van der Waals surface area contributed by atoms with Crippen LogP contribution >= 0.6 is 15.9 Å². The highest BCUT2D eigenvalue weighted by molar-refractivity contribution is 9.10. The number of carbonyl (C=O) groups is 1. The van der Waals surface area contributed by atoms with E-state index in [1.165, 1.54) is 0 Å². The van der Waals surface area contributed by atoms with Gasteiger partial charge in [-0.25, -0.2) is 0 Å². The molecule has 0 aliphatic carbocycles. The van der Waals surface area contributed by atoms with E-state index in [0.717, 1.165) is 15.7 Å². The lowest BCUT2D eigenvalue weighted by molar-refractivity contribution is 0.0974. The van der Waals surface area contributed by atoms with Crippen LogP contribution < -0.4 is 5.32 Å². The minimum absolute atomic E-state index is 0.230. The van der Waals surface area contributed by atoms with Crippen molar-refractivity contribution in [2.45, 2.75) is 19.4 Å². The topological polar surface area (TPSA) is 29.1 Å². The fourth-order valence-corrected chi connectivity index (χ4v) is 1.94. The second kappa shape index (κ2) is 3.14. The molecule has 0 radical (unpaired) electrons. The summed E-state index contributed by atoms with van der Waals surface area (Å²) in [5.41, 5.74) is 1.75. The van der Waals surface area contributed by atoms with Crippen LogP contribution in [0.5, 0.6) is 0 Å². The van der Waals surface area contributed by atoms with Crippen molar-refractivity contribution in [2.75, 3.05) is 5.32 Å². The van der Waals surface area contributed by atoms with Gasteiger partial charge < -0.3 is 5.32 Å². The molecule has 1 heterocycles. The van der Waals surface area contributed by atoms with E-state index in [4.69, 9.17) is 0 Å². The zero-order chi connectivity index (χ0) is 9.42. The van der Waals surface area contributed by atoms with Gasteiger partial charge >= 0.3 is 0 Å². The van der Waals surface area contributed by atoms with Crippen molar-refractivity contribution < 1.29 is 4.79 Å². The maximum absolute atomic E-state index is 11.6. The van der Waals surface area contributed by atoms with Crippen molar-refractivity contribution in [1.82, 2.24) is 0 Å². The molecule has 0 amide bonds. The Morgan fingerprint density at radius 3 is 3.08 bits per heavy atom. The van der Waals surface area contributed by atoms with Crippen molar-refractivity contribution in [3.05, 3.63) is 28.2 Å². The molecule has 1 aromatic rings. The number of hydrogen-bond donors (Lipinski definition) is 1. The summed E-state index contributed by atoms with van der Waals surface area (Å²) in [5, 5.41) is 3.28. The average Bonchev–Trinajstić information content (AvgIpc) is 2.02. The quantitative estimate of drug-likeness (QED) is 0.755. The van der Waals surface area contributed by atoms with Gasteiger partial charge in [0.2, 0.25) is 0 Å². The summed E-state index contributed by atoms with van der Waals surface area (Å²) in [4.78, 5) is 11.6. The van der Waals surface area contributed by atoms with Gasteiger partial charge in [0, 0.05) is 28.2 Å². The van der Waals surface area contributed by atoms with Crippen molar-refractivity contribution in [3.8, 4) is 0 Å². The van der Waals surface area contributed by atoms with Crippen LogP contribution in [-0.4, -0.2) is 11.8 Å². The first-order chi connectivity index (χ1) is 6.16. The second-order valence-electron chi connectivity index (χ2n) is 3.36. The van der Waals surface area contributed by atoms with Crippen molar-refractivity contribution >= 4 is 27.4 Å². The number of rotatable bonds is 0. The third-order valence-corrected chi connectivity index (χ3v) is 2.67. The largest absolute Gasteiger partial charge is 0.382 e. The molecule has 0 bridgehead atoms. The van der Waals surface area contributed by atoms with Crippen molar-refractivity contribution in [3.63, 3.8) is 0 Å². The number of nitrogens with one attached hydrogen (secondary N) is 1. The SMILES string of the molecule is CC1CC(=O)c2ccc(Br)cc2N1. The Hall–Kier alpha value is -0.830. The van der Waals surface area contributed by atoms with Crippen LogP contribution in [-0.2, 0) is 0 Å². The molecule has 1 aromatic carbocycles. The van der Waals surface area contributed by atoms with Crippen LogP contribution in [0.3, 0.4) is 0 Å². The fourth-order valence-electron chi connectivity index (χ4n) is 1.58. The first-order valence-electron chi connectivity index (χ1n) is 4.26. The Bertz CT molecular complexity index is 362. The van der Waals surface area contributed by atoms with Crippen LogP contribution in [0.4, 0.5) is 5.69 Å². The summed E-state index contributed by atoms with van der Waals surface area (Å²) >= 11 is 3.38. The monoisotopic (exact) mass is 239 g/mol. The predicted molar refractivity (Wildman–Crippen MR) is 56.2 cm³/mol. The van der Waals surface area contributed by atoms with Crippen LogP contribution in [0.2, 0.25) is 0 Å². The molecule has 1 atom stereocenters. The molecule has 13 heavy (non-hydrogen) atoms. The third-order valence-electron chi connectivity index (χ3n) is 2.18. The molecule has 3 heteroatoms. The molecular formula is C10H10BrNO. The number of benzene rings is 1. The van der Waals surface area contributed by atoms with E-state index in [1.54, 1.807) is 0 Å². The Kier molecular flexibility index (Phi) is 2.12. The molecule has 1 aliphatic heterocycles. The van der Waals surface area contributed by atoms with Gasteiger partial charge in [-0.05, 0) is 25.1 Å². The van der Waals surface area contributed by atoms with Crippen LogP contribution in [0.25, 0.3) is 0 Å². The van der Waals surface area contributed by atoms with E-state index in [0.29, 0.717) is 6.42 Å². The number of ketones is 1. The fraction of sp³-hybridized carbons (Fsp3) is 0.300. The van der Waals surface area contributed by atoms with Crippen LogP contribution in [0.15, 0.2) is 22.7 Å². The summed E-state index contributed by atoms with van der Waals surface area (Å²) in [6.07, 6.45) is 0.592. The normalized spacial score (nSPS) is 20.8. The lowest BCUT2D eigenvalue weighted by atomic mass is 9.98. The molecular weight excluding hydrogens is 230 g/mol. The van der Waals surface area contributed by atoms with E-state index in [-0.39, 0.29) is 11.8 Å². The van der Waals surface area contributed by atoms with Gasteiger partial charge in [0.25, 0.3) is 0 Å². The number of anilines is 1.